The number of cyclic esters (lactones) is 1. The predicted octanol–water partition coefficient (Wildman–Crippen LogP) is 2.76. The quantitative estimate of drug-likeness (QED) is 0.386. The highest BCUT2D eigenvalue weighted by atomic mass is 32.2. The molecule has 1 N–H and O–H groups in total. The molecule has 122 valence electrons. The van der Waals surface area contributed by atoms with E-state index in [0.29, 0.717) is 18.6 Å². The maximum Gasteiger partial charge on any atom is 0.333 e. The third kappa shape index (κ3) is 8.36. The van der Waals surface area contributed by atoms with Crippen molar-refractivity contribution in [1.29, 1.82) is 5.26 Å². The number of allylic oxidation sites excluding steroid dienone is 1. The number of ether oxygens (including phenoxy) is 1. The van der Waals surface area contributed by atoms with Crippen LogP contribution in [0.1, 0.15) is 12.0 Å². The Morgan fingerprint density at radius 3 is 2.00 bits per heavy atom. The fourth-order valence-electron chi connectivity index (χ4n) is 1.25. The van der Waals surface area contributed by atoms with Crippen LogP contribution in [0.5, 0.6) is 0 Å². The average molecular weight is 335 g/mol. The summed E-state index contributed by atoms with van der Waals surface area (Å²) in [5, 5.41) is 7.51. The Balaban J connectivity index is 0.000000371. The lowest BCUT2D eigenvalue weighted by Gasteiger charge is -1.96. The van der Waals surface area contributed by atoms with E-state index in [2.05, 4.69) is 24.5 Å². The Labute approximate surface area is 135 Å². The van der Waals surface area contributed by atoms with Crippen LogP contribution in [-0.4, -0.2) is 25.5 Å². The highest BCUT2D eigenvalue weighted by Crippen LogP contribution is 2.10. The lowest BCUT2D eigenvalue weighted by Crippen LogP contribution is -1.96. The van der Waals surface area contributed by atoms with Crippen LogP contribution >= 0.6 is 0 Å². The molecule has 1 aromatic carbocycles. The van der Waals surface area contributed by atoms with Crippen molar-refractivity contribution in [2.75, 3.05) is 6.61 Å². The van der Waals surface area contributed by atoms with Gasteiger partial charge >= 0.3 is 5.97 Å². The molecule has 0 bridgehead atoms. The first kappa shape index (κ1) is 20.3. The van der Waals surface area contributed by atoms with Crippen LogP contribution < -0.4 is 0 Å². The monoisotopic (exact) mass is 335 g/mol. The van der Waals surface area contributed by atoms with E-state index in [1.807, 2.05) is 0 Å². The molecule has 1 heterocycles. The zero-order valence-corrected chi connectivity index (χ0v) is 13.3. The molecule has 0 aromatic heterocycles. The maximum atomic E-state index is 10.6. The van der Waals surface area contributed by atoms with Gasteiger partial charge in [-0.1, -0.05) is 37.9 Å². The molecular formula is C16H17NO5S. The Bertz CT molecular complexity index is 698. The fourth-order valence-corrected chi connectivity index (χ4v) is 1.73. The minimum absolute atomic E-state index is 0.104. The van der Waals surface area contributed by atoms with E-state index >= 15 is 0 Å². The van der Waals surface area contributed by atoms with Gasteiger partial charge in [0.2, 0.25) is 0 Å². The number of nitrogens with zero attached hydrogens (tertiary/aromatic N) is 1. The Morgan fingerprint density at radius 1 is 1.26 bits per heavy atom. The largest absolute Gasteiger partial charge is 0.462 e. The van der Waals surface area contributed by atoms with Crippen LogP contribution in [0, 0.1) is 11.3 Å². The van der Waals surface area contributed by atoms with Crippen LogP contribution in [0.15, 0.2) is 60.5 Å². The normalized spacial score (nSPS) is 12.5. The molecular weight excluding hydrogens is 318 g/mol. The second-order valence-corrected chi connectivity index (χ2v) is 5.49. The summed E-state index contributed by atoms with van der Waals surface area (Å²) in [4.78, 5) is 10.1. The van der Waals surface area contributed by atoms with E-state index in [9.17, 15) is 13.2 Å². The van der Waals surface area contributed by atoms with Gasteiger partial charge in [-0.2, -0.15) is 13.7 Å². The van der Waals surface area contributed by atoms with E-state index in [-0.39, 0.29) is 10.9 Å². The molecule has 23 heavy (non-hydrogen) atoms. The molecule has 0 atom stereocenters. The minimum Gasteiger partial charge on any atom is -0.462 e. The summed E-state index contributed by atoms with van der Waals surface area (Å²) in [6.45, 7) is 10.6. The summed E-state index contributed by atoms with van der Waals surface area (Å²) < 4.78 is 34.3. The molecule has 6 nitrogen and oxygen atoms in total. The summed E-state index contributed by atoms with van der Waals surface area (Å²) in [6, 6.07) is 7.48. The molecule has 1 fully saturated rings. The molecule has 0 unspecified atom stereocenters. The van der Waals surface area contributed by atoms with Crippen LogP contribution in [0.2, 0.25) is 0 Å². The highest BCUT2D eigenvalue weighted by molar-refractivity contribution is 7.85. The van der Waals surface area contributed by atoms with Crippen LogP contribution in [0.4, 0.5) is 0 Å². The van der Waals surface area contributed by atoms with Gasteiger partial charge in [-0.15, -0.1) is 0 Å². The van der Waals surface area contributed by atoms with Crippen molar-refractivity contribution in [3.05, 3.63) is 61.2 Å². The summed E-state index contributed by atoms with van der Waals surface area (Å²) in [5.41, 5.74) is 1.41. The van der Waals surface area contributed by atoms with E-state index in [1.165, 1.54) is 18.2 Å². The second kappa shape index (κ2) is 10.1. The van der Waals surface area contributed by atoms with Gasteiger partial charge in [0.1, 0.15) is 0 Å². The molecule has 0 radical (unpaired) electrons. The van der Waals surface area contributed by atoms with Gasteiger partial charge in [0, 0.05) is 18.1 Å². The molecule has 0 amide bonds. The van der Waals surface area contributed by atoms with Gasteiger partial charge in [0.15, 0.2) is 0 Å². The number of carbonyl (C=O) groups is 1. The number of benzene rings is 1. The van der Waals surface area contributed by atoms with Crippen molar-refractivity contribution in [2.24, 2.45) is 0 Å². The minimum atomic E-state index is -4.06. The molecule has 0 saturated carbocycles. The molecule has 1 aliphatic heterocycles. The van der Waals surface area contributed by atoms with E-state index in [4.69, 9.17) is 9.81 Å². The molecule has 7 heteroatoms. The zero-order chi connectivity index (χ0) is 17.9. The van der Waals surface area contributed by atoms with Crippen LogP contribution in [-0.2, 0) is 19.6 Å². The third-order valence-corrected chi connectivity index (χ3v) is 3.30. The van der Waals surface area contributed by atoms with Gasteiger partial charge < -0.3 is 4.74 Å². The summed E-state index contributed by atoms with van der Waals surface area (Å²) in [6.07, 6.45) is 3.48. The summed E-state index contributed by atoms with van der Waals surface area (Å²) in [5.74, 6) is -0.236. The van der Waals surface area contributed by atoms with Crippen molar-refractivity contribution in [1.82, 2.24) is 0 Å². The smallest absolute Gasteiger partial charge is 0.333 e. The number of hydrogen-bond acceptors (Lipinski definition) is 5. The summed E-state index contributed by atoms with van der Waals surface area (Å²) in [7, 11) is -4.06. The predicted molar refractivity (Wildman–Crippen MR) is 86.9 cm³/mol. The number of hydrogen-bond donors (Lipinski definition) is 1. The van der Waals surface area contributed by atoms with Gasteiger partial charge in [-0.3, -0.25) is 4.55 Å². The van der Waals surface area contributed by atoms with Gasteiger partial charge in [0.25, 0.3) is 10.1 Å². The van der Waals surface area contributed by atoms with Gasteiger partial charge in [0.05, 0.1) is 17.6 Å². The van der Waals surface area contributed by atoms with E-state index in [1.54, 1.807) is 24.3 Å². The first-order valence-electron chi connectivity index (χ1n) is 6.31. The highest BCUT2D eigenvalue weighted by Gasteiger charge is 2.14. The van der Waals surface area contributed by atoms with Gasteiger partial charge in [-0.05, 0) is 17.7 Å². The lowest BCUT2D eigenvalue weighted by atomic mass is 10.2. The first-order chi connectivity index (χ1) is 10.8. The van der Waals surface area contributed by atoms with Crippen molar-refractivity contribution in [3.8, 4) is 6.07 Å². The lowest BCUT2D eigenvalue weighted by molar-refractivity contribution is -0.135. The Morgan fingerprint density at radius 2 is 1.78 bits per heavy atom. The zero-order valence-electron chi connectivity index (χ0n) is 12.4. The van der Waals surface area contributed by atoms with Crippen molar-refractivity contribution < 1.29 is 22.5 Å². The Hall–Kier alpha value is -2.69. The van der Waals surface area contributed by atoms with Crippen LogP contribution in [0.25, 0.3) is 6.08 Å². The molecule has 1 aliphatic rings. The van der Waals surface area contributed by atoms with E-state index in [0.717, 1.165) is 5.56 Å². The molecule has 1 saturated heterocycles. The van der Waals surface area contributed by atoms with Crippen molar-refractivity contribution in [3.63, 3.8) is 0 Å². The first-order valence-corrected chi connectivity index (χ1v) is 7.75. The molecule has 0 aliphatic carbocycles. The van der Waals surface area contributed by atoms with Crippen molar-refractivity contribution in [2.45, 2.75) is 11.3 Å². The van der Waals surface area contributed by atoms with Crippen LogP contribution in [0.3, 0.4) is 0 Å². The summed E-state index contributed by atoms with van der Waals surface area (Å²) >= 11 is 0. The average Bonchev–Trinajstić information content (AvgIpc) is 2.91. The number of nitriles is 1. The number of carbonyl (C=O) groups excluding carboxylic acids is 1. The molecule has 2 rings (SSSR count). The SMILES string of the molecule is C=C1CCOC1=O.C=CC#N.C=Cc1ccc(S(=O)(=O)O)cc1. The number of esters is 1. The molecule has 0 spiro atoms. The second-order valence-electron chi connectivity index (χ2n) is 4.07. The maximum absolute atomic E-state index is 10.6. The Kier molecular flexibility index (Phi) is 8.92. The van der Waals surface area contributed by atoms with E-state index < -0.39 is 10.1 Å². The standard InChI is InChI=1S/C8H8O3S.C5H6O2.C3H3N/c1-2-7-3-5-8(6-4-7)12(9,10)11;1-4-2-3-7-5(4)6;1-2-3-4/h2-6H,1H2,(H,9,10,11);1-3H2;2H,1H2. The van der Waals surface area contributed by atoms with Gasteiger partial charge in [-0.25, -0.2) is 4.79 Å². The van der Waals surface area contributed by atoms with Crippen molar-refractivity contribution >= 4 is 22.2 Å². The number of rotatable bonds is 2. The third-order valence-electron chi connectivity index (χ3n) is 2.43. The topological polar surface area (TPSA) is 104 Å². The molecule has 1 aromatic rings. The fraction of sp³-hybridized carbons (Fsp3) is 0.125.